The van der Waals surface area contributed by atoms with E-state index in [4.69, 9.17) is 0 Å². The lowest BCUT2D eigenvalue weighted by atomic mass is 9.99. The van der Waals surface area contributed by atoms with E-state index in [0.29, 0.717) is 0 Å². The molecule has 2 heterocycles. The second-order valence-electron chi connectivity index (χ2n) is 4.71. The van der Waals surface area contributed by atoms with Crippen LogP contribution in [-0.2, 0) is 0 Å². The smallest absolute Gasteiger partial charge is 0.0191 e. The molecule has 0 bridgehead atoms. The lowest BCUT2D eigenvalue weighted by Gasteiger charge is -2.28. The van der Waals surface area contributed by atoms with Crippen molar-refractivity contribution in [3.63, 3.8) is 0 Å². The van der Waals surface area contributed by atoms with Gasteiger partial charge < -0.3 is 5.32 Å². The summed E-state index contributed by atoms with van der Waals surface area (Å²) in [6.45, 7) is 10.0. The molecule has 0 aromatic carbocycles. The van der Waals surface area contributed by atoms with Crippen molar-refractivity contribution in [3.05, 3.63) is 12.2 Å². The zero-order chi connectivity index (χ0) is 10.5. The van der Waals surface area contributed by atoms with Crippen molar-refractivity contribution in [2.75, 3.05) is 44.2 Å². The Bertz CT molecular complexity index is 206. The fourth-order valence-electron chi connectivity index (χ4n) is 2.40. The maximum atomic E-state index is 4.24. The molecule has 1 unspecified atom stereocenters. The van der Waals surface area contributed by atoms with Crippen LogP contribution in [0.15, 0.2) is 12.2 Å². The first-order valence-electron chi connectivity index (χ1n) is 6.02. The van der Waals surface area contributed by atoms with E-state index in [1.165, 1.54) is 43.0 Å². The van der Waals surface area contributed by atoms with E-state index in [0.717, 1.165) is 25.6 Å². The van der Waals surface area contributed by atoms with Crippen molar-refractivity contribution in [1.29, 1.82) is 0 Å². The van der Waals surface area contributed by atoms with Crippen LogP contribution < -0.4 is 5.32 Å². The van der Waals surface area contributed by atoms with Gasteiger partial charge in [0, 0.05) is 32.7 Å². The summed E-state index contributed by atoms with van der Waals surface area (Å²) >= 11 is 2.11. The van der Waals surface area contributed by atoms with E-state index in [1.807, 2.05) is 0 Å². The summed E-state index contributed by atoms with van der Waals surface area (Å²) in [7, 11) is 0. The highest BCUT2D eigenvalue weighted by atomic mass is 32.2. The Kier molecular flexibility index (Phi) is 4.54. The molecule has 2 rings (SSSR count). The summed E-state index contributed by atoms with van der Waals surface area (Å²) in [5, 5.41) is 3.39. The quantitative estimate of drug-likeness (QED) is 0.733. The molecule has 1 atom stereocenters. The molecular formula is C12H22N2S. The predicted molar refractivity (Wildman–Crippen MR) is 68.5 cm³/mol. The molecule has 0 aromatic rings. The summed E-state index contributed by atoms with van der Waals surface area (Å²) in [6.07, 6.45) is 2.67. The van der Waals surface area contributed by atoms with Crippen LogP contribution in [0.1, 0.15) is 12.8 Å². The number of hydrogen-bond acceptors (Lipinski definition) is 3. The minimum absolute atomic E-state index is 0.922. The molecule has 1 N–H and O–H groups in total. The molecule has 0 spiro atoms. The molecule has 0 saturated carbocycles. The SMILES string of the molecule is C=C(CC1CCSC1)CN1CCNCC1. The van der Waals surface area contributed by atoms with E-state index in [1.54, 1.807) is 0 Å². The summed E-state index contributed by atoms with van der Waals surface area (Å²) in [4.78, 5) is 2.53. The maximum absolute atomic E-state index is 4.24. The average molecular weight is 226 g/mol. The van der Waals surface area contributed by atoms with Gasteiger partial charge in [-0.15, -0.1) is 0 Å². The van der Waals surface area contributed by atoms with Crippen LogP contribution in [0.5, 0.6) is 0 Å². The molecule has 2 nitrogen and oxygen atoms in total. The fourth-order valence-corrected chi connectivity index (χ4v) is 3.69. The highest BCUT2D eigenvalue weighted by molar-refractivity contribution is 7.99. The Morgan fingerprint density at radius 1 is 1.40 bits per heavy atom. The van der Waals surface area contributed by atoms with Gasteiger partial charge in [0.15, 0.2) is 0 Å². The highest BCUT2D eigenvalue weighted by Gasteiger charge is 2.17. The Labute approximate surface area is 97.5 Å². The van der Waals surface area contributed by atoms with Crippen LogP contribution in [-0.4, -0.2) is 49.1 Å². The van der Waals surface area contributed by atoms with Crippen molar-refractivity contribution in [2.45, 2.75) is 12.8 Å². The van der Waals surface area contributed by atoms with Gasteiger partial charge in [0.1, 0.15) is 0 Å². The predicted octanol–water partition coefficient (Wildman–Crippen LogP) is 1.59. The number of piperazine rings is 1. The van der Waals surface area contributed by atoms with Crippen LogP contribution in [0, 0.1) is 5.92 Å². The standard InChI is InChI=1S/C12H22N2S/c1-11(8-12-2-7-15-10-12)9-14-5-3-13-4-6-14/h12-13H,1-10H2. The summed E-state index contributed by atoms with van der Waals surface area (Å²) < 4.78 is 0. The van der Waals surface area contributed by atoms with Gasteiger partial charge in [0.25, 0.3) is 0 Å². The third kappa shape index (κ3) is 3.82. The van der Waals surface area contributed by atoms with Gasteiger partial charge in [-0.05, 0) is 30.3 Å². The van der Waals surface area contributed by atoms with Gasteiger partial charge in [0.2, 0.25) is 0 Å². The molecule has 2 saturated heterocycles. The second-order valence-corrected chi connectivity index (χ2v) is 5.86. The van der Waals surface area contributed by atoms with Crippen LogP contribution in [0.4, 0.5) is 0 Å². The van der Waals surface area contributed by atoms with Gasteiger partial charge in [-0.3, -0.25) is 4.90 Å². The Morgan fingerprint density at radius 2 is 2.20 bits per heavy atom. The molecule has 0 amide bonds. The molecule has 0 aromatic heterocycles. The normalized spacial score (nSPS) is 28.1. The summed E-state index contributed by atoms with van der Waals surface area (Å²) in [5.74, 6) is 3.65. The van der Waals surface area contributed by atoms with E-state index >= 15 is 0 Å². The lowest BCUT2D eigenvalue weighted by molar-refractivity contribution is 0.256. The maximum Gasteiger partial charge on any atom is 0.0191 e. The molecule has 2 aliphatic rings. The molecule has 0 radical (unpaired) electrons. The summed E-state index contributed by atoms with van der Waals surface area (Å²) in [6, 6.07) is 0. The van der Waals surface area contributed by atoms with E-state index in [2.05, 4.69) is 28.6 Å². The monoisotopic (exact) mass is 226 g/mol. The number of nitrogens with one attached hydrogen (secondary N) is 1. The minimum Gasteiger partial charge on any atom is -0.314 e. The number of thioether (sulfide) groups is 1. The van der Waals surface area contributed by atoms with Gasteiger partial charge in [-0.25, -0.2) is 0 Å². The van der Waals surface area contributed by atoms with Crippen molar-refractivity contribution < 1.29 is 0 Å². The molecule has 3 heteroatoms. The molecule has 15 heavy (non-hydrogen) atoms. The van der Waals surface area contributed by atoms with Gasteiger partial charge in [0.05, 0.1) is 0 Å². The molecule has 86 valence electrons. The van der Waals surface area contributed by atoms with E-state index < -0.39 is 0 Å². The topological polar surface area (TPSA) is 15.3 Å². The number of hydrogen-bond donors (Lipinski definition) is 1. The first-order valence-corrected chi connectivity index (χ1v) is 7.17. The Hall–Kier alpha value is 0.01000. The third-order valence-corrected chi connectivity index (χ3v) is 4.49. The first kappa shape index (κ1) is 11.5. The van der Waals surface area contributed by atoms with Crippen molar-refractivity contribution in [3.8, 4) is 0 Å². The Morgan fingerprint density at radius 3 is 2.87 bits per heavy atom. The number of nitrogens with zero attached hydrogens (tertiary/aromatic N) is 1. The number of rotatable bonds is 4. The zero-order valence-corrected chi connectivity index (χ0v) is 10.3. The van der Waals surface area contributed by atoms with Crippen molar-refractivity contribution >= 4 is 11.8 Å². The second kappa shape index (κ2) is 5.92. The molecule has 2 aliphatic heterocycles. The lowest BCUT2D eigenvalue weighted by Crippen LogP contribution is -2.44. The van der Waals surface area contributed by atoms with Gasteiger partial charge in [-0.1, -0.05) is 12.2 Å². The molecule has 0 aliphatic carbocycles. The summed E-state index contributed by atoms with van der Waals surface area (Å²) in [5.41, 5.74) is 1.45. The van der Waals surface area contributed by atoms with Gasteiger partial charge >= 0.3 is 0 Å². The average Bonchev–Trinajstić information content (AvgIpc) is 2.71. The van der Waals surface area contributed by atoms with Crippen LogP contribution >= 0.6 is 11.8 Å². The third-order valence-electron chi connectivity index (χ3n) is 3.26. The Balaban J connectivity index is 1.66. The van der Waals surface area contributed by atoms with E-state index in [-0.39, 0.29) is 0 Å². The van der Waals surface area contributed by atoms with Crippen LogP contribution in [0.3, 0.4) is 0 Å². The van der Waals surface area contributed by atoms with Crippen molar-refractivity contribution in [1.82, 2.24) is 10.2 Å². The largest absolute Gasteiger partial charge is 0.314 e. The van der Waals surface area contributed by atoms with Crippen LogP contribution in [0.25, 0.3) is 0 Å². The highest BCUT2D eigenvalue weighted by Crippen LogP contribution is 2.28. The first-order chi connectivity index (χ1) is 7.34. The zero-order valence-electron chi connectivity index (χ0n) is 9.50. The van der Waals surface area contributed by atoms with Gasteiger partial charge in [-0.2, -0.15) is 11.8 Å². The fraction of sp³-hybridized carbons (Fsp3) is 0.833. The van der Waals surface area contributed by atoms with E-state index in [9.17, 15) is 0 Å². The molecular weight excluding hydrogens is 204 g/mol. The molecule has 2 fully saturated rings. The van der Waals surface area contributed by atoms with Crippen LogP contribution in [0.2, 0.25) is 0 Å². The van der Waals surface area contributed by atoms with Crippen molar-refractivity contribution in [2.24, 2.45) is 5.92 Å². The minimum atomic E-state index is 0.922.